The first-order chi connectivity index (χ1) is 10.5. The second-order valence-corrected chi connectivity index (χ2v) is 7.04. The molecule has 4 nitrogen and oxygen atoms in total. The van der Waals surface area contributed by atoms with E-state index in [4.69, 9.17) is 10.3 Å². The van der Waals surface area contributed by atoms with Gasteiger partial charge in [0, 0.05) is 24.8 Å². The third-order valence-corrected chi connectivity index (χ3v) is 5.20. The molecule has 1 aliphatic carbocycles. The largest absolute Gasteiger partial charge is 0.367 e. The van der Waals surface area contributed by atoms with Crippen LogP contribution in [0.2, 0.25) is 0 Å². The number of nitrogens with zero attached hydrogens (tertiary/aromatic N) is 2. The van der Waals surface area contributed by atoms with Gasteiger partial charge < -0.3 is 15.2 Å². The van der Waals surface area contributed by atoms with Crippen LogP contribution in [0.25, 0.3) is 0 Å². The zero-order valence-corrected chi connectivity index (χ0v) is 13.6. The average molecular weight is 299 g/mol. The van der Waals surface area contributed by atoms with E-state index in [-0.39, 0.29) is 5.41 Å². The first-order valence-corrected chi connectivity index (χ1v) is 7.93. The van der Waals surface area contributed by atoms with Gasteiger partial charge in [0.15, 0.2) is 5.76 Å². The van der Waals surface area contributed by atoms with Crippen molar-refractivity contribution in [2.75, 3.05) is 11.9 Å². The number of rotatable bonds is 5. The molecule has 0 spiro atoms. The van der Waals surface area contributed by atoms with Crippen molar-refractivity contribution < 1.29 is 4.52 Å². The predicted molar refractivity (Wildman–Crippen MR) is 88.6 cm³/mol. The highest BCUT2D eigenvalue weighted by atomic mass is 16.5. The highest BCUT2D eigenvalue weighted by Gasteiger charge is 2.45. The summed E-state index contributed by atoms with van der Waals surface area (Å²) in [6.07, 6.45) is 2.04. The molecule has 1 aliphatic rings. The van der Waals surface area contributed by atoms with Crippen molar-refractivity contribution in [1.82, 2.24) is 5.16 Å². The maximum absolute atomic E-state index is 6.09. The SMILES string of the molecule is CN(Cc1cc(C[C@@H]2C[C@H](N)C2(C)C)no1)c1ccccc1. The summed E-state index contributed by atoms with van der Waals surface area (Å²) in [5.74, 6) is 1.51. The maximum Gasteiger partial charge on any atom is 0.156 e. The van der Waals surface area contributed by atoms with Crippen LogP contribution in [0, 0.1) is 11.3 Å². The van der Waals surface area contributed by atoms with Crippen molar-refractivity contribution in [3.8, 4) is 0 Å². The highest BCUT2D eigenvalue weighted by Crippen LogP contribution is 2.46. The third kappa shape index (κ3) is 2.88. The second kappa shape index (κ2) is 5.76. The van der Waals surface area contributed by atoms with Gasteiger partial charge in [0.1, 0.15) is 0 Å². The first-order valence-electron chi connectivity index (χ1n) is 7.93. The van der Waals surface area contributed by atoms with Gasteiger partial charge in [-0.25, -0.2) is 0 Å². The molecule has 0 radical (unpaired) electrons. The van der Waals surface area contributed by atoms with Crippen LogP contribution in [0.5, 0.6) is 0 Å². The molecule has 1 fully saturated rings. The average Bonchev–Trinajstić information content (AvgIpc) is 2.95. The van der Waals surface area contributed by atoms with Crippen LogP contribution >= 0.6 is 0 Å². The Balaban J connectivity index is 1.60. The van der Waals surface area contributed by atoms with E-state index >= 15 is 0 Å². The summed E-state index contributed by atoms with van der Waals surface area (Å²) in [5, 5.41) is 4.23. The summed E-state index contributed by atoms with van der Waals surface area (Å²) < 4.78 is 5.50. The van der Waals surface area contributed by atoms with Crippen LogP contribution in [-0.4, -0.2) is 18.2 Å². The van der Waals surface area contributed by atoms with Gasteiger partial charge in [0.25, 0.3) is 0 Å². The molecule has 2 aromatic rings. The predicted octanol–water partition coefficient (Wildman–Crippen LogP) is 3.23. The Kier molecular flexibility index (Phi) is 3.96. The van der Waals surface area contributed by atoms with Crippen molar-refractivity contribution in [2.45, 2.75) is 39.3 Å². The van der Waals surface area contributed by atoms with Crippen molar-refractivity contribution in [1.29, 1.82) is 0 Å². The fourth-order valence-corrected chi connectivity index (χ4v) is 3.19. The number of benzene rings is 1. The van der Waals surface area contributed by atoms with Gasteiger partial charge in [-0.15, -0.1) is 0 Å². The Morgan fingerprint density at radius 1 is 1.32 bits per heavy atom. The fourth-order valence-electron chi connectivity index (χ4n) is 3.19. The molecule has 3 rings (SSSR count). The molecular formula is C18H25N3O. The molecule has 1 heterocycles. The Hall–Kier alpha value is -1.81. The minimum absolute atomic E-state index is 0.208. The van der Waals surface area contributed by atoms with Crippen molar-refractivity contribution in [2.24, 2.45) is 17.1 Å². The molecule has 2 atom stereocenters. The van der Waals surface area contributed by atoms with Gasteiger partial charge in [0.05, 0.1) is 12.2 Å². The van der Waals surface area contributed by atoms with Crippen LogP contribution < -0.4 is 10.6 Å². The van der Waals surface area contributed by atoms with Crippen molar-refractivity contribution >= 4 is 5.69 Å². The summed E-state index contributed by atoms with van der Waals surface area (Å²) in [5.41, 5.74) is 8.51. The van der Waals surface area contributed by atoms with Crippen LogP contribution in [0.3, 0.4) is 0 Å². The van der Waals surface area contributed by atoms with Crippen molar-refractivity contribution in [3.63, 3.8) is 0 Å². The van der Waals surface area contributed by atoms with E-state index in [0.29, 0.717) is 12.0 Å². The van der Waals surface area contributed by atoms with E-state index < -0.39 is 0 Å². The van der Waals surface area contributed by atoms with E-state index in [1.54, 1.807) is 0 Å². The Morgan fingerprint density at radius 2 is 2.05 bits per heavy atom. The first kappa shape index (κ1) is 15.1. The summed E-state index contributed by atoms with van der Waals surface area (Å²) in [4.78, 5) is 2.16. The highest BCUT2D eigenvalue weighted by molar-refractivity contribution is 5.45. The molecule has 0 aliphatic heterocycles. The van der Waals surface area contributed by atoms with Crippen LogP contribution in [0.1, 0.15) is 31.7 Å². The molecule has 1 saturated carbocycles. The number of aromatic nitrogens is 1. The minimum atomic E-state index is 0.208. The summed E-state index contributed by atoms with van der Waals surface area (Å²) in [7, 11) is 2.06. The molecule has 0 amide bonds. The normalized spacial score (nSPS) is 23.1. The fraction of sp³-hybridized carbons (Fsp3) is 0.500. The summed E-state index contributed by atoms with van der Waals surface area (Å²) in [6, 6.07) is 12.7. The molecule has 1 aromatic carbocycles. The van der Waals surface area contributed by atoms with Crippen LogP contribution in [0.4, 0.5) is 5.69 Å². The summed E-state index contributed by atoms with van der Waals surface area (Å²) >= 11 is 0. The van der Waals surface area contributed by atoms with E-state index in [9.17, 15) is 0 Å². The second-order valence-electron chi connectivity index (χ2n) is 7.04. The lowest BCUT2D eigenvalue weighted by molar-refractivity contribution is 0.0370. The van der Waals surface area contributed by atoms with Gasteiger partial charge in [-0.1, -0.05) is 37.2 Å². The molecule has 22 heavy (non-hydrogen) atoms. The van der Waals surface area contributed by atoms with Crippen LogP contribution in [-0.2, 0) is 13.0 Å². The van der Waals surface area contributed by atoms with Gasteiger partial charge >= 0.3 is 0 Å². The Labute approximate surface area is 132 Å². The molecule has 0 unspecified atom stereocenters. The van der Waals surface area contributed by atoms with Crippen LogP contribution in [0.15, 0.2) is 40.9 Å². The van der Waals surface area contributed by atoms with E-state index in [1.165, 1.54) is 5.69 Å². The number of hydrogen-bond acceptors (Lipinski definition) is 4. The lowest BCUT2D eigenvalue weighted by atomic mass is 9.57. The smallest absolute Gasteiger partial charge is 0.156 e. The number of hydrogen-bond donors (Lipinski definition) is 1. The van der Waals surface area contributed by atoms with Gasteiger partial charge in [-0.3, -0.25) is 0 Å². The van der Waals surface area contributed by atoms with Crippen molar-refractivity contribution in [3.05, 3.63) is 47.9 Å². The zero-order valence-electron chi connectivity index (χ0n) is 13.6. The molecule has 0 bridgehead atoms. The topological polar surface area (TPSA) is 55.3 Å². The molecule has 4 heteroatoms. The molecule has 2 N–H and O–H groups in total. The molecule has 1 aromatic heterocycles. The Bertz CT molecular complexity index is 620. The molecular weight excluding hydrogens is 274 g/mol. The lowest BCUT2D eigenvalue weighted by Gasteiger charge is -2.50. The zero-order chi connectivity index (χ0) is 15.7. The minimum Gasteiger partial charge on any atom is -0.367 e. The van der Waals surface area contributed by atoms with E-state index in [1.807, 2.05) is 18.2 Å². The molecule has 0 saturated heterocycles. The summed E-state index contributed by atoms with van der Waals surface area (Å²) in [6.45, 7) is 5.22. The van der Waals surface area contributed by atoms with Gasteiger partial charge in [-0.05, 0) is 36.3 Å². The Morgan fingerprint density at radius 3 is 2.68 bits per heavy atom. The maximum atomic E-state index is 6.09. The van der Waals surface area contributed by atoms with E-state index in [2.05, 4.69) is 49.2 Å². The number of para-hydroxylation sites is 1. The number of nitrogens with two attached hydrogens (primary N) is 1. The van der Waals surface area contributed by atoms with Gasteiger partial charge in [0.2, 0.25) is 0 Å². The molecule has 118 valence electrons. The third-order valence-electron chi connectivity index (χ3n) is 5.20. The number of anilines is 1. The lowest BCUT2D eigenvalue weighted by Crippen LogP contribution is -2.55. The monoisotopic (exact) mass is 299 g/mol. The standard InChI is InChI=1S/C18H25N3O/c1-18(2)13(10-17(18)19)9-14-11-16(22-20-14)12-21(3)15-7-5-4-6-8-15/h4-8,11,13,17H,9-10,12,19H2,1-3H3/t13-,17+/m1/s1. The van der Waals surface area contributed by atoms with E-state index in [0.717, 1.165) is 30.8 Å². The quantitative estimate of drug-likeness (QED) is 0.921. The van der Waals surface area contributed by atoms with Gasteiger partial charge in [-0.2, -0.15) is 0 Å².